The number of nitrogens with zero attached hydrogens (tertiary/aromatic N) is 3. The van der Waals surface area contributed by atoms with Crippen molar-refractivity contribution in [3.05, 3.63) is 26.2 Å². The van der Waals surface area contributed by atoms with E-state index in [4.69, 9.17) is 16.3 Å². The van der Waals surface area contributed by atoms with E-state index in [0.29, 0.717) is 23.1 Å². The Kier molecular flexibility index (Phi) is 4.29. The van der Waals surface area contributed by atoms with Gasteiger partial charge in [-0.15, -0.1) is 0 Å². The topological polar surface area (TPSA) is 56.5 Å². The number of rotatable bonds is 3. The second-order valence-corrected chi connectivity index (χ2v) is 5.58. The molecule has 0 aliphatic heterocycles. The van der Waals surface area contributed by atoms with Crippen LogP contribution in [-0.4, -0.2) is 27.2 Å². The molecule has 0 radical (unpaired) electrons. The van der Waals surface area contributed by atoms with E-state index in [-0.39, 0.29) is 5.97 Å². The highest BCUT2D eigenvalue weighted by atomic mass is 127. The zero-order valence-corrected chi connectivity index (χ0v) is 13.7. The maximum absolute atomic E-state index is 11.8. The van der Waals surface area contributed by atoms with E-state index in [1.54, 1.807) is 24.4 Å². The molecule has 0 amide bonds. The van der Waals surface area contributed by atoms with E-state index < -0.39 is 5.92 Å². The summed E-state index contributed by atoms with van der Waals surface area (Å²) in [5.41, 5.74) is 2.11. The Morgan fingerprint density at radius 1 is 1.63 bits per heavy atom. The van der Waals surface area contributed by atoms with Gasteiger partial charge in [0.2, 0.25) is 0 Å². The number of carbonyl (C=O) groups excluding carboxylic acids is 1. The second-order valence-electron chi connectivity index (χ2n) is 4.11. The smallest absolute Gasteiger partial charge is 0.314 e. The number of fused-ring (bicyclic) bond motifs is 1. The molecule has 0 aliphatic rings. The van der Waals surface area contributed by atoms with Gasteiger partial charge in [-0.3, -0.25) is 4.79 Å². The zero-order valence-electron chi connectivity index (χ0n) is 10.8. The van der Waals surface area contributed by atoms with Crippen molar-refractivity contribution in [2.75, 3.05) is 6.61 Å². The monoisotopic (exact) mass is 393 g/mol. The average Bonchev–Trinajstić information content (AvgIpc) is 2.66. The summed E-state index contributed by atoms with van der Waals surface area (Å²) in [6, 6.07) is 1.65. The maximum atomic E-state index is 11.8. The van der Waals surface area contributed by atoms with Gasteiger partial charge in [0.15, 0.2) is 5.65 Å². The highest BCUT2D eigenvalue weighted by Crippen LogP contribution is 2.24. The fourth-order valence-electron chi connectivity index (χ4n) is 1.69. The van der Waals surface area contributed by atoms with Crippen LogP contribution in [-0.2, 0) is 9.53 Å². The zero-order chi connectivity index (χ0) is 14.2. The van der Waals surface area contributed by atoms with Crippen LogP contribution in [0.1, 0.15) is 31.2 Å². The molecule has 0 fully saturated rings. The van der Waals surface area contributed by atoms with Crippen molar-refractivity contribution in [1.82, 2.24) is 14.6 Å². The number of aromatic nitrogens is 3. The van der Waals surface area contributed by atoms with Crippen molar-refractivity contribution in [2.24, 2.45) is 0 Å². The van der Waals surface area contributed by atoms with Crippen LogP contribution >= 0.6 is 34.2 Å². The van der Waals surface area contributed by atoms with Crippen LogP contribution in [0.3, 0.4) is 0 Å². The molecule has 2 aromatic heterocycles. The van der Waals surface area contributed by atoms with Gasteiger partial charge in [-0.25, -0.2) is 9.50 Å². The molecule has 102 valence electrons. The highest BCUT2D eigenvalue weighted by Gasteiger charge is 2.21. The molecule has 0 aliphatic carbocycles. The summed E-state index contributed by atoms with van der Waals surface area (Å²) >= 11 is 8.35. The number of aryl methyl sites for hydroxylation is 1. The molecular formula is C12H13ClIN3O2. The van der Waals surface area contributed by atoms with Gasteiger partial charge in [-0.1, -0.05) is 11.6 Å². The molecular weight excluding hydrogens is 381 g/mol. The van der Waals surface area contributed by atoms with Gasteiger partial charge in [-0.05, 0) is 49.4 Å². The molecule has 2 heterocycles. The quantitative estimate of drug-likeness (QED) is 0.457. The molecule has 0 saturated heterocycles. The van der Waals surface area contributed by atoms with Crippen molar-refractivity contribution in [2.45, 2.75) is 26.7 Å². The standard InChI is InChI=1S/C12H13ClIN3O2/c1-4-19-12(18)6(2)8-5-9(13)17-11(15-8)10(14)7(3)16-17/h5-6H,4H2,1-3H3. The van der Waals surface area contributed by atoms with Crippen LogP contribution in [0.2, 0.25) is 5.15 Å². The molecule has 19 heavy (non-hydrogen) atoms. The Labute approximate surface area is 129 Å². The van der Waals surface area contributed by atoms with Crippen molar-refractivity contribution in [3.63, 3.8) is 0 Å². The lowest BCUT2D eigenvalue weighted by atomic mass is 10.1. The molecule has 0 saturated carbocycles. The van der Waals surface area contributed by atoms with Gasteiger partial charge in [0.25, 0.3) is 0 Å². The van der Waals surface area contributed by atoms with E-state index in [0.717, 1.165) is 9.26 Å². The Hall–Kier alpha value is -0.890. The van der Waals surface area contributed by atoms with Gasteiger partial charge in [0.1, 0.15) is 5.15 Å². The summed E-state index contributed by atoms with van der Waals surface area (Å²) in [5, 5.41) is 4.72. The van der Waals surface area contributed by atoms with Crippen molar-refractivity contribution < 1.29 is 9.53 Å². The van der Waals surface area contributed by atoms with Crippen LogP contribution in [0, 0.1) is 10.5 Å². The van der Waals surface area contributed by atoms with Gasteiger partial charge < -0.3 is 4.74 Å². The number of hydrogen-bond acceptors (Lipinski definition) is 4. The highest BCUT2D eigenvalue weighted by molar-refractivity contribution is 14.1. The van der Waals surface area contributed by atoms with Crippen LogP contribution in [0.4, 0.5) is 0 Å². The second kappa shape index (κ2) is 5.62. The lowest BCUT2D eigenvalue weighted by Crippen LogP contribution is -2.15. The predicted octanol–water partition coefficient (Wildman–Crippen LogP) is 2.96. The molecule has 1 atom stereocenters. The summed E-state index contributed by atoms with van der Waals surface area (Å²) in [4.78, 5) is 16.2. The third kappa shape index (κ3) is 2.69. The number of ether oxygens (including phenoxy) is 1. The minimum Gasteiger partial charge on any atom is -0.465 e. The Bertz CT molecular complexity index is 641. The molecule has 7 heteroatoms. The van der Waals surface area contributed by atoms with Gasteiger partial charge in [-0.2, -0.15) is 5.10 Å². The first kappa shape index (κ1) is 14.5. The van der Waals surface area contributed by atoms with Crippen LogP contribution in [0.5, 0.6) is 0 Å². The predicted molar refractivity (Wildman–Crippen MR) is 80.5 cm³/mol. The number of hydrogen-bond donors (Lipinski definition) is 0. The molecule has 2 aromatic rings. The number of esters is 1. The van der Waals surface area contributed by atoms with E-state index in [9.17, 15) is 4.79 Å². The average molecular weight is 394 g/mol. The van der Waals surface area contributed by atoms with Crippen molar-refractivity contribution >= 4 is 45.8 Å². The van der Waals surface area contributed by atoms with E-state index >= 15 is 0 Å². The minimum atomic E-state index is -0.451. The molecule has 0 aromatic carbocycles. The summed E-state index contributed by atoms with van der Waals surface area (Å²) in [5.74, 6) is -0.755. The molecule has 5 nitrogen and oxygen atoms in total. The summed E-state index contributed by atoms with van der Waals surface area (Å²) in [6.07, 6.45) is 0. The van der Waals surface area contributed by atoms with E-state index in [1.807, 2.05) is 6.92 Å². The molecule has 0 spiro atoms. The lowest BCUT2D eigenvalue weighted by molar-refractivity contribution is -0.144. The normalized spacial score (nSPS) is 12.7. The Morgan fingerprint density at radius 3 is 2.95 bits per heavy atom. The molecule has 2 rings (SSSR count). The van der Waals surface area contributed by atoms with Crippen LogP contribution in [0.25, 0.3) is 5.65 Å². The molecule has 0 N–H and O–H groups in total. The third-order valence-corrected chi connectivity index (χ3v) is 4.28. The first-order chi connectivity index (χ1) is 8.95. The third-order valence-electron chi connectivity index (χ3n) is 2.75. The van der Waals surface area contributed by atoms with Gasteiger partial charge >= 0.3 is 5.97 Å². The SMILES string of the molecule is CCOC(=O)C(C)c1cc(Cl)n2nc(C)c(I)c2n1. The fraction of sp³-hybridized carbons (Fsp3) is 0.417. The molecule has 0 bridgehead atoms. The maximum Gasteiger partial charge on any atom is 0.314 e. The number of halogens is 2. The van der Waals surface area contributed by atoms with E-state index in [2.05, 4.69) is 32.7 Å². The number of carbonyl (C=O) groups is 1. The van der Waals surface area contributed by atoms with Crippen molar-refractivity contribution in [1.29, 1.82) is 0 Å². The lowest BCUT2D eigenvalue weighted by Gasteiger charge is -2.10. The summed E-state index contributed by atoms with van der Waals surface area (Å²) in [6.45, 7) is 5.77. The first-order valence-corrected chi connectivity index (χ1v) is 7.29. The fourth-order valence-corrected chi connectivity index (χ4v) is 2.38. The first-order valence-electron chi connectivity index (χ1n) is 5.83. The van der Waals surface area contributed by atoms with E-state index in [1.165, 1.54) is 0 Å². The van der Waals surface area contributed by atoms with Crippen LogP contribution in [0.15, 0.2) is 6.07 Å². The molecule has 1 unspecified atom stereocenters. The van der Waals surface area contributed by atoms with Gasteiger partial charge in [0, 0.05) is 0 Å². The van der Waals surface area contributed by atoms with Gasteiger partial charge in [0.05, 0.1) is 27.5 Å². The Morgan fingerprint density at radius 2 is 2.32 bits per heavy atom. The summed E-state index contributed by atoms with van der Waals surface area (Å²) in [7, 11) is 0. The van der Waals surface area contributed by atoms with Crippen molar-refractivity contribution in [3.8, 4) is 0 Å². The van der Waals surface area contributed by atoms with Crippen LogP contribution < -0.4 is 0 Å². The Balaban J connectivity index is 2.51. The largest absolute Gasteiger partial charge is 0.465 e. The minimum absolute atomic E-state index is 0.304. The summed E-state index contributed by atoms with van der Waals surface area (Å²) < 4.78 is 7.50.